The van der Waals surface area contributed by atoms with Crippen LogP contribution in [0.25, 0.3) is 0 Å². The molecule has 0 bridgehead atoms. The molecule has 0 heterocycles. The summed E-state index contributed by atoms with van der Waals surface area (Å²) in [4.78, 5) is 0. The van der Waals surface area contributed by atoms with E-state index in [1.807, 2.05) is 41.0 Å². The van der Waals surface area contributed by atoms with Gasteiger partial charge in [-0.15, -0.1) is 0 Å². The summed E-state index contributed by atoms with van der Waals surface area (Å²) < 4.78 is 33.0. The second-order valence-electron chi connectivity index (χ2n) is 6.53. The van der Waals surface area contributed by atoms with E-state index < -0.39 is 15.5 Å². The van der Waals surface area contributed by atoms with Crippen LogP contribution in [0.4, 0.5) is 0 Å². The Labute approximate surface area is 118 Å². The maximum absolute atomic E-state index is 11.0. The van der Waals surface area contributed by atoms with Gasteiger partial charge in [0.25, 0.3) is 10.1 Å². The van der Waals surface area contributed by atoms with Gasteiger partial charge >= 0.3 is 0 Å². The van der Waals surface area contributed by atoms with Crippen LogP contribution < -0.4 is 0 Å². The lowest BCUT2D eigenvalue weighted by atomic mass is 9.85. The van der Waals surface area contributed by atoms with Crippen molar-refractivity contribution in [2.24, 2.45) is 11.3 Å². The SMILES string of the molecule is CC(C)=C/C=[N+](\C)CC(C)CC(C)(C)CS(=O)(=O)O. The molecule has 0 aliphatic heterocycles. The highest BCUT2D eigenvalue weighted by Crippen LogP contribution is 2.27. The van der Waals surface area contributed by atoms with Gasteiger partial charge in [0.05, 0.1) is 5.75 Å². The maximum atomic E-state index is 11.0. The van der Waals surface area contributed by atoms with Crippen molar-refractivity contribution in [3.8, 4) is 0 Å². The molecule has 0 aliphatic rings. The number of rotatable bonds is 7. The first-order valence-corrected chi connectivity index (χ1v) is 8.16. The molecule has 0 amide bonds. The normalized spacial score (nSPS) is 15.2. The van der Waals surface area contributed by atoms with E-state index in [4.69, 9.17) is 4.55 Å². The zero-order valence-electron chi connectivity index (χ0n) is 13.0. The Morgan fingerprint density at radius 3 is 2.32 bits per heavy atom. The molecule has 0 aromatic carbocycles. The van der Waals surface area contributed by atoms with E-state index in [0.717, 1.165) is 13.0 Å². The Hall–Kier alpha value is -0.680. The van der Waals surface area contributed by atoms with Crippen LogP contribution >= 0.6 is 0 Å². The molecule has 0 saturated carbocycles. The van der Waals surface area contributed by atoms with Crippen LogP contribution in [0.1, 0.15) is 41.0 Å². The topological polar surface area (TPSA) is 57.4 Å². The fourth-order valence-corrected chi connectivity index (χ4v) is 3.49. The maximum Gasteiger partial charge on any atom is 0.265 e. The van der Waals surface area contributed by atoms with Crippen molar-refractivity contribution in [3.63, 3.8) is 0 Å². The van der Waals surface area contributed by atoms with E-state index in [1.54, 1.807) is 0 Å². The Morgan fingerprint density at radius 1 is 1.37 bits per heavy atom. The summed E-state index contributed by atoms with van der Waals surface area (Å²) in [7, 11) is -1.90. The van der Waals surface area contributed by atoms with Crippen molar-refractivity contribution < 1.29 is 17.5 Å². The quantitative estimate of drug-likeness (QED) is 0.445. The number of nitrogens with zero attached hydrogens (tertiary/aromatic N) is 1. The van der Waals surface area contributed by atoms with Crippen molar-refractivity contribution in [1.29, 1.82) is 0 Å². The van der Waals surface area contributed by atoms with Gasteiger partial charge in [-0.3, -0.25) is 4.55 Å². The van der Waals surface area contributed by atoms with Gasteiger partial charge < -0.3 is 0 Å². The first kappa shape index (κ1) is 18.3. The molecule has 1 unspecified atom stereocenters. The van der Waals surface area contributed by atoms with Gasteiger partial charge in [-0.05, 0) is 25.7 Å². The second kappa shape index (κ2) is 7.20. The van der Waals surface area contributed by atoms with Crippen LogP contribution in [-0.4, -0.2) is 43.1 Å². The first-order chi connectivity index (χ1) is 8.41. The molecule has 0 aromatic heterocycles. The predicted molar refractivity (Wildman–Crippen MR) is 80.5 cm³/mol. The number of allylic oxidation sites excluding steroid dienone is 2. The van der Waals surface area contributed by atoms with E-state index in [9.17, 15) is 8.42 Å². The van der Waals surface area contributed by atoms with Crippen molar-refractivity contribution in [2.75, 3.05) is 19.3 Å². The van der Waals surface area contributed by atoms with Gasteiger partial charge in [0.1, 0.15) is 13.6 Å². The molecular weight excluding hydrogens is 262 g/mol. The second-order valence-corrected chi connectivity index (χ2v) is 7.98. The Morgan fingerprint density at radius 2 is 1.89 bits per heavy atom. The van der Waals surface area contributed by atoms with Crippen LogP contribution in [0.15, 0.2) is 11.6 Å². The van der Waals surface area contributed by atoms with Crippen molar-refractivity contribution >= 4 is 16.3 Å². The third kappa shape index (κ3) is 10.9. The minimum absolute atomic E-state index is 0.189. The van der Waals surface area contributed by atoms with Gasteiger partial charge in [0, 0.05) is 12.0 Å². The van der Waals surface area contributed by atoms with Gasteiger partial charge in [-0.2, -0.15) is 8.42 Å². The third-order valence-corrected chi connectivity index (χ3v) is 3.88. The molecule has 112 valence electrons. The van der Waals surface area contributed by atoms with E-state index >= 15 is 0 Å². The largest absolute Gasteiger partial charge is 0.286 e. The lowest BCUT2D eigenvalue weighted by Gasteiger charge is -2.25. The van der Waals surface area contributed by atoms with Crippen LogP contribution in [0, 0.1) is 11.3 Å². The van der Waals surface area contributed by atoms with Gasteiger partial charge in [0.15, 0.2) is 6.21 Å². The summed E-state index contributed by atoms with van der Waals surface area (Å²) in [6, 6.07) is 0. The van der Waals surface area contributed by atoms with Crippen LogP contribution in [0.2, 0.25) is 0 Å². The predicted octanol–water partition coefficient (Wildman–Crippen LogP) is 2.61. The Kier molecular flexibility index (Phi) is 6.94. The fourth-order valence-electron chi connectivity index (χ4n) is 2.39. The Bertz CT molecular complexity index is 443. The summed E-state index contributed by atoms with van der Waals surface area (Å²) in [5.41, 5.74) is 0.830. The summed E-state index contributed by atoms with van der Waals surface area (Å²) >= 11 is 0. The standard InChI is InChI=1S/C14H27NO3S/c1-12(2)7-8-15(6)10-13(3)9-14(4,5)11-19(16,17)18/h7-8,13H,9-11H2,1-6H3/p+1/b15-8+. The molecule has 1 atom stereocenters. The monoisotopic (exact) mass is 290 g/mol. The van der Waals surface area contributed by atoms with Gasteiger partial charge in [-0.25, -0.2) is 4.58 Å². The summed E-state index contributed by atoms with van der Waals surface area (Å²) in [6.45, 7) is 10.8. The van der Waals surface area contributed by atoms with E-state index in [0.29, 0.717) is 5.92 Å². The van der Waals surface area contributed by atoms with Gasteiger partial charge in [-0.1, -0.05) is 26.3 Å². The molecule has 4 nitrogen and oxygen atoms in total. The van der Waals surface area contributed by atoms with Crippen LogP contribution in [0.5, 0.6) is 0 Å². The van der Waals surface area contributed by atoms with Gasteiger partial charge in [0.2, 0.25) is 0 Å². The summed E-state index contributed by atoms with van der Waals surface area (Å²) in [5.74, 6) is 0.162. The summed E-state index contributed by atoms with van der Waals surface area (Å²) in [6.07, 6.45) is 4.83. The Balaban J connectivity index is 4.50. The molecule has 19 heavy (non-hydrogen) atoms. The summed E-state index contributed by atoms with van der Waals surface area (Å²) in [5, 5.41) is 0. The van der Waals surface area contributed by atoms with Crippen molar-refractivity contribution in [3.05, 3.63) is 11.6 Å². The minimum Gasteiger partial charge on any atom is -0.286 e. The highest BCUT2D eigenvalue weighted by Gasteiger charge is 2.27. The molecular formula is C14H28NO3S+. The van der Waals surface area contributed by atoms with Crippen molar-refractivity contribution in [1.82, 2.24) is 0 Å². The molecule has 1 N–H and O–H groups in total. The molecule has 0 fully saturated rings. The molecule has 0 spiro atoms. The lowest BCUT2D eigenvalue weighted by Crippen LogP contribution is -2.28. The molecule has 0 aromatic rings. The molecule has 0 saturated heterocycles. The van der Waals surface area contributed by atoms with E-state index in [-0.39, 0.29) is 5.75 Å². The zero-order valence-corrected chi connectivity index (χ0v) is 13.8. The van der Waals surface area contributed by atoms with Crippen molar-refractivity contribution in [2.45, 2.75) is 41.0 Å². The van der Waals surface area contributed by atoms with Crippen LogP contribution in [0.3, 0.4) is 0 Å². The van der Waals surface area contributed by atoms with E-state index in [2.05, 4.69) is 17.6 Å². The highest BCUT2D eigenvalue weighted by molar-refractivity contribution is 7.85. The molecule has 0 aliphatic carbocycles. The molecule has 0 rings (SSSR count). The average molecular weight is 290 g/mol. The average Bonchev–Trinajstić information content (AvgIpc) is 2.08. The lowest BCUT2D eigenvalue weighted by molar-refractivity contribution is -0.499. The van der Waals surface area contributed by atoms with E-state index in [1.165, 1.54) is 5.57 Å². The highest BCUT2D eigenvalue weighted by atomic mass is 32.2. The number of hydrogen-bond acceptors (Lipinski definition) is 2. The third-order valence-electron chi connectivity index (χ3n) is 2.74. The first-order valence-electron chi connectivity index (χ1n) is 6.55. The van der Waals surface area contributed by atoms with Crippen LogP contribution in [-0.2, 0) is 10.1 Å². The molecule has 0 radical (unpaired) electrons. The zero-order chi connectivity index (χ0) is 15.3. The number of hydrogen-bond donors (Lipinski definition) is 1. The smallest absolute Gasteiger partial charge is 0.265 e. The minimum atomic E-state index is -3.91. The fraction of sp³-hybridized carbons (Fsp3) is 0.786. The molecule has 5 heteroatoms.